The Hall–Kier alpha value is -1.43. The second-order valence-electron chi connectivity index (χ2n) is 7.03. The molecule has 0 N–H and O–H groups in total. The molecule has 2 fully saturated rings. The number of carbonyl (C=O) groups is 1. The van der Waals surface area contributed by atoms with Crippen LogP contribution >= 0.6 is 0 Å². The number of carbonyl (C=O) groups excluding carboxylic acids is 1. The highest BCUT2D eigenvalue weighted by molar-refractivity contribution is 5.79. The largest absolute Gasteiger partial charge is 0.381 e. The van der Waals surface area contributed by atoms with Crippen molar-refractivity contribution >= 4 is 5.91 Å². The average molecular weight is 335 g/mol. The summed E-state index contributed by atoms with van der Waals surface area (Å²) in [6, 6.07) is -0.0358. The van der Waals surface area contributed by atoms with Crippen LogP contribution in [0.2, 0.25) is 0 Å². The third kappa shape index (κ3) is 3.79. The first-order chi connectivity index (χ1) is 11.7. The van der Waals surface area contributed by atoms with Gasteiger partial charge in [-0.25, -0.2) is 0 Å². The molecule has 1 aromatic rings. The number of ether oxygens (including phenoxy) is 1. The van der Waals surface area contributed by atoms with E-state index in [9.17, 15) is 4.79 Å². The number of likely N-dealkylation sites (tertiary alicyclic amines) is 1. The second kappa shape index (κ2) is 8.10. The van der Waals surface area contributed by atoms with Crippen LogP contribution in [0.5, 0.6) is 0 Å². The molecule has 1 aromatic heterocycles. The van der Waals surface area contributed by atoms with E-state index in [1.165, 1.54) is 0 Å². The number of aromatic nitrogens is 2. The summed E-state index contributed by atoms with van der Waals surface area (Å²) >= 11 is 0. The molecule has 0 saturated carbocycles. The number of nitrogens with zero attached hydrogens (tertiary/aromatic N) is 3. The van der Waals surface area contributed by atoms with Crippen molar-refractivity contribution in [3.05, 3.63) is 11.7 Å². The van der Waals surface area contributed by atoms with Crippen molar-refractivity contribution in [3.8, 4) is 0 Å². The molecule has 2 aliphatic heterocycles. The van der Waals surface area contributed by atoms with E-state index in [-0.39, 0.29) is 17.9 Å². The lowest BCUT2D eigenvalue weighted by Crippen LogP contribution is -2.42. The van der Waals surface area contributed by atoms with Gasteiger partial charge >= 0.3 is 0 Å². The minimum absolute atomic E-state index is 0.0358. The summed E-state index contributed by atoms with van der Waals surface area (Å²) in [5.74, 6) is 2.04. The van der Waals surface area contributed by atoms with Crippen molar-refractivity contribution in [2.24, 2.45) is 11.8 Å². The molecule has 3 heterocycles. The van der Waals surface area contributed by atoms with Gasteiger partial charge in [-0.05, 0) is 38.0 Å². The third-order valence-electron chi connectivity index (χ3n) is 5.47. The van der Waals surface area contributed by atoms with Gasteiger partial charge in [-0.2, -0.15) is 4.98 Å². The van der Waals surface area contributed by atoms with Gasteiger partial charge in [-0.3, -0.25) is 4.79 Å². The zero-order valence-corrected chi connectivity index (χ0v) is 14.9. The first kappa shape index (κ1) is 17.4. The van der Waals surface area contributed by atoms with Crippen molar-refractivity contribution in [2.45, 2.75) is 64.8 Å². The number of hydrogen-bond acceptors (Lipinski definition) is 5. The van der Waals surface area contributed by atoms with Crippen LogP contribution in [-0.4, -0.2) is 40.7 Å². The summed E-state index contributed by atoms with van der Waals surface area (Å²) in [4.78, 5) is 19.8. The summed E-state index contributed by atoms with van der Waals surface area (Å²) < 4.78 is 10.6. The minimum atomic E-state index is -0.0358. The molecule has 6 nitrogen and oxygen atoms in total. The average Bonchev–Trinajstić information content (AvgIpc) is 2.89. The molecular weight excluding hydrogens is 306 g/mol. The number of rotatable bonds is 4. The SMILES string of the molecule is CCC(C(=O)N1CCCCCC1c1noc(C)n1)C1CCOCC1. The molecule has 0 aliphatic carbocycles. The van der Waals surface area contributed by atoms with E-state index in [0.29, 0.717) is 17.6 Å². The van der Waals surface area contributed by atoms with Gasteiger partial charge in [0.25, 0.3) is 0 Å². The van der Waals surface area contributed by atoms with Crippen LogP contribution in [-0.2, 0) is 9.53 Å². The Balaban J connectivity index is 1.80. The number of aryl methyl sites for hydroxylation is 1. The van der Waals surface area contributed by atoms with Crippen LogP contribution < -0.4 is 0 Å². The molecular formula is C18H29N3O3. The zero-order valence-electron chi connectivity index (χ0n) is 14.9. The second-order valence-corrected chi connectivity index (χ2v) is 7.03. The molecule has 0 bridgehead atoms. The van der Waals surface area contributed by atoms with Crippen molar-refractivity contribution in [1.82, 2.24) is 15.0 Å². The predicted molar refractivity (Wildman–Crippen MR) is 89.3 cm³/mol. The van der Waals surface area contributed by atoms with Crippen molar-refractivity contribution in [1.29, 1.82) is 0 Å². The number of hydrogen-bond donors (Lipinski definition) is 0. The van der Waals surface area contributed by atoms with E-state index in [2.05, 4.69) is 17.1 Å². The molecule has 2 atom stereocenters. The van der Waals surface area contributed by atoms with Crippen LogP contribution in [0.15, 0.2) is 4.52 Å². The lowest BCUT2D eigenvalue weighted by molar-refractivity contribution is -0.141. The van der Waals surface area contributed by atoms with Crippen LogP contribution in [0.25, 0.3) is 0 Å². The monoisotopic (exact) mass is 335 g/mol. The van der Waals surface area contributed by atoms with Gasteiger partial charge in [0.15, 0.2) is 5.82 Å². The van der Waals surface area contributed by atoms with E-state index in [1.54, 1.807) is 6.92 Å². The van der Waals surface area contributed by atoms with Crippen molar-refractivity contribution in [2.75, 3.05) is 19.8 Å². The van der Waals surface area contributed by atoms with Gasteiger partial charge in [0.05, 0.1) is 6.04 Å². The highest BCUT2D eigenvalue weighted by Gasteiger charge is 2.36. The minimum Gasteiger partial charge on any atom is -0.381 e. The topological polar surface area (TPSA) is 68.5 Å². The first-order valence-corrected chi connectivity index (χ1v) is 9.39. The van der Waals surface area contributed by atoms with Crippen LogP contribution in [0.4, 0.5) is 0 Å². The van der Waals surface area contributed by atoms with Crippen molar-refractivity contribution in [3.63, 3.8) is 0 Å². The third-order valence-corrected chi connectivity index (χ3v) is 5.47. The maximum absolute atomic E-state index is 13.4. The van der Waals surface area contributed by atoms with E-state index >= 15 is 0 Å². The van der Waals surface area contributed by atoms with Gasteiger partial charge in [0.2, 0.25) is 11.8 Å². The Bertz CT molecular complexity index is 539. The van der Waals surface area contributed by atoms with Crippen LogP contribution in [0.3, 0.4) is 0 Å². The molecule has 2 unspecified atom stereocenters. The Kier molecular flexibility index (Phi) is 5.87. The molecule has 6 heteroatoms. The summed E-state index contributed by atoms with van der Waals surface area (Å²) in [5, 5.41) is 4.11. The van der Waals surface area contributed by atoms with E-state index in [4.69, 9.17) is 9.26 Å². The Morgan fingerprint density at radius 3 is 2.71 bits per heavy atom. The fraction of sp³-hybridized carbons (Fsp3) is 0.833. The fourth-order valence-corrected chi connectivity index (χ4v) is 4.13. The molecule has 0 aromatic carbocycles. The van der Waals surface area contributed by atoms with Gasteiger partial charge in [-0.1, -0.05) is 24.9 Å². The Morgan fingerprint density at radius 2 is 2.04 bits per heavy atom. The molecule has 2 saturated heterocycles. The normalized spacial score (nSPS) is 24.6. The fourth-order valence-electron chi connectivity index (χ4n) is 4.13. The van der Waals surface area contributed by atoms with E-state index < -0.39 is 0 Å². The first-order valence-electron chi connectivity index (χ1n) is 9.39. The summed E-state index contributed by atoms with van der Waals surface area (Å²) in [5.41, 5.74) is 0. The molecule has 2 aliphatic rings. The lowest BCUT2D eigenvalue weighted by Gasteiger charge is -2.35. The molecule has 134 valence electrons. The zero-order chi connectivity index (χ0) is 16.9. The molecule has 0 spiro atoms. The van der Waals surface area contributed by atoms with Crippen molar-refractivity contribution < 1.29 is 14.1 Å². The van der Waals surface area contributed by atoms with Gasteiger partial charge in [-0.15, -0.1) is 0 Å². The smallest absolute Gasteiger partial charge is 0.226 e. The Morgan fingerprint density at radius 1 is 1.25 bits per heavy atom. The van der Waals surface area contributed by atoms with E-state index in [0.717, 1.165) is 64.7 Å². The van der Waals surface area contributed by atoms with Gasteiger partial charge in [0.1, 0.15) is 0 Å². The quantitative estimate of drug-likeness (QED) is 0.844. The summed E-state index contributed by atoms with van der Waals surface area (Å²) in [6.07, 6.45) is 7.12. The standard InChI is InChI=1S/C18H29N3O3/c1-3-15(14-8-11-23-12-9-14)18(22)21-10-6-4-5-7-16(21)17-19-13(2)24-20-17/h14-16H,3-12H2,1-2H3. The number of amides is 1. The van der Waals surface area contributed by atoms with Crippen LogP contribution in [0.1, 0.15) is 69.6 Å². The van der Waals surface area contributed by atoms with Gasteiger partial charge < -0.3 is 14.2 Å². The highest BCUT2D eigenvalue weighted by Crippen LogP contribution is 2.34. The summed E-state index contributed by atoms with van der Waals surface area (Å²) in [7, 11) is 0. The van der Waals surface area contributed by atoms with Crippen LogP contribution in [0, 0.1) is 18.8 Å². The Labute approximate surface area is 143 Å². The molecule has 0 radical (unpaired) electrons. The highest BCUT2D eigenvalue weighted by atomic mass is 16.5. The predicted octanol–water partition coefficient (Wildman–Crippen LogP) is 3.27. The van der Waals surface area contributed by atoms with Gasteiger partial charge in [0, 0.05) is 32.6 Å². The van der Waals surface area contributed by atoms with E-state index in [1.807, 2.05) is 4.90 Å². The molecule has 1 amide bonds. The summed E-state index contributed by atoms with van der Waals surface area (Å²) in [6.45, 7) is 6.29. The maximum atomic E-state index is 13.4. The lowest BCUT2D eigenvalue weighted by atomic mass is 9.83. The molecule has 24 heavy (non-hydrogen) atoms. The molecule has 3 rings (SSSR count). The maximum Gasteiger partial charge on any atom is 0.226 e.